The zero-order chi connectivity index (χ0) is 53.7. The highest BCUT2D eigenvalue weighted by Gasteiger charge is 2.69. The molecule has 3 aliphatic carbocycles. The van der Waals surface area contributed by atoms with E-state index in [0.29, 0.717) is 66.9 Å². The van der Waals surface area contributed by atoms with Crippen molar-refractivity contribution in [2.45, 2.75) is 102 Å². The number of ether oxygens (including phenoxy) is 2. The predicted molar refractivity (Wildman–Crippen MR) is 293 cm³/mol. The Morgan fingerprint density at radius 1 is 0.949 bits per heavy atom. The SMILES string of the molecule is Cc1cc(C(=O)NCCC#Cc2cccc3c2CN(C2CCC(=O)NC2=O)C3=O)ccc1B1O[C@H]2C[C@H]3C[C@H](C3(C)C)[C@@]2(CCOCCN2CCC(n3nc(-c4ccc(Oc5ccccc5)cc4)c4c(N)ncnc43)CC2)O1. The molecule has 17 nitrogen and oxygen atoms in total. The number of rotatable bonds is 15. The summed E-state index contributed by atoms with van der Waals surface area (Å²) >= 11 is 0. The van der Waals surface area contributed by atoms with Gasteiger partial charge in [0.2, 0.25) is 11.8 Å². The Morgan fingerprint density at radius 3 is 2.54 bits per heavy atom. The molecule has 13 rings (SSSR count). The number of nitrogens with one attached hydrogen (secondary N) is 2. The van der Waals surface area contributed by atoms with Gasteiger partial charge in [-0.05, 0) is 128 Å². The third-order valence-electron chi connectivity index (χ3n) is 17.6. The second-order valence-electron chi connectivity index (χ2n) is 22.3. The number of imide groups is 1. The molecule has 400 valence electrons. The van der Waals surface area contributed by atoms with Gasteiger partial charge in [0, 0.05) is 80.8 Å². The van der Waals surface area contributed by atoms with E-state index in [4.69, 9.17) is 29.6 Å². The van der Waals surface area contributed by atoms with Crippen LogP contribution in [0.2, 0.25) is 0 Å². The first-order chi connectivity index (χ1) is 37.8. The van der Waals surface area contributed by atoms with E-state index in [1.165, 1.54) is 11.2 Å². The van der Waals surface area contributed by atoms with Crippen molar-refractivity contribution >= 4 is 53.1 Å². The van der Waals surface area contributed by atoms with Crippen LogP contribution in [0, 0.1) is 36.0 Å². The van der Waals surface area contributed by atoms with Gasteiger partial charge in [-0.1, -0.05) is 61.6 Å². The Hall–Kier alpha value is -7.43. The van der Waals surface area contributed by atoms with E-state index in [9.17, 15) is 19.2 Å². The molecule has 6 aromatic rings. The lowest BCUT2D eigenvalue weighted by Gasteiger charge is -2.65. The van der Waals surface area contributed by atoms with Gasteiger partial charge in [0.1, 0.15) is 35.4 Å². The smallest absolute Gasteiger partial charge is 0.457 e. The Morgan fingerprint density at radius 2 is 1.76 bits per heavy atom. The van der Waals surface area contributed by atoms with Gasteiger partial charge in [-0.2, -0.15) is 5.10 Å². The number of likely N-dealkylation sites (tertiary alicyclic amines) is 1. The molecular weight excluding hydrogens is 986 g/mol. The lowest BCUT2D eigenvalue weighted by atomic mass is 9.43. The molecule has 5 atom stereocenters. The van der Waals surface area contributed by atoms with Crippen LogP contribution in [-0.4, -0.2) is 117 Å². The van der Waals surface area contributed by atoms with Crippen molar-refractivity contribution in [1.82, 2.24) is 40.2 Å². The monoisotopic (exact) mass is 1050 g/mol. The summed E-state index contributed by atoms with van der Waals surface area (Å²) in [6.07, 6.45) is 7.01. The minimum Gasteiger partial charge on any atom is -0.457 e. The summed E-state index contributed by atoms with van der Waals surface area (Å²) in [4.78, 5) is 63.9. The molecule has 4 aliphatic heterocycles. The van der Waals surface area contributed by atoms with Gasteiger partial charge in [0.15, 0.2) is 5.65 Å². The number of fused-ring (bicyclic) bond motifs is 2. The fourth-order valence-electron chi connectivity index (χ4n) is 13.1. The Labute approximate surface area is 454 Å². The molecule has 3 saturated carbocycles. The third-order valence-corrected chi connectivity index (χ3v) is 17.6. The number of carbonyl (C=O) groups is 4. The molecule has 4 aromatic carbocycles. The molecule has 0 radical (unpaired) electrons. The summed E-state index contributed by atoms with van der Waals surface area (Å²) in [5, 5.41) is 11.2. The first-order valence-corrected chi connectivity index (χ1v) is 27.4. The molecule has 4 amide bonds. The number of nitrogen functional groups attached to an aromatic ring is 1. The quantitative estimate of drug-likeness (QED) is 0.0421. The number of aromatic nitrogens is 4. The number of hydrogen-bond donors (Lipinski definition) is 3. The molecule has 1 unspecified atom stereocenters. The maximum absolute atomic E-state index is 13.4. The van der Waals surface area contributed by atoms with E-state index in [1.54, 1.807) is 12.1 Å². The van der Waals surface area contributed by atoms with Crippen LogP contribution in [0.5, 0.6) is 11.5 Å². The highest BCUT2D eigenvalue weighted by molar-refractivity contribution is 6.62. The fourth-order valence-corrected chi connectivity index (χ4v) is 13.1. The third kappa shape index (κ3) is 9.60. The van der Waals surface area contributed by atoms with E-state index in [2.05, 4.69) is 55.9 Å². The highest BCUT2D eigenvalue weighted by Crippen LogP contribution is 2.66. The number of nitrogens with two attached hydrogens (primary N) is 1. The summed E-state index contributed by atoms with van der Waals surface area (Å²) in [7, 11) is -0.546. The van der Waals surface area contributed by atoms with Gasteiger partial charge in [-0.15, -0.1) is 0 Å². The zero-order valence-electron chi connectivity index (χ0n) is 44.3. The van der Waals surface area contributed by atoms with Crippen LogP contribution in [0.25, 0.3) is 22.3 Å². The van der Waals surface area contributed by atoms with E-state index in [1.807, 2.05) is 85.8 Å². The second kappa shape index (κ2) is 21.1. The van der Waals surface area contributed by atoms with Gasteiger partial charge in [0.05, 0.1) is 29.7 Å². The van der Waals surface area contributed by atoms with Crippen molar-refractivity contribution in [3.63, 3.8) is 0 Å². The van der Waals surface area contributed by atoms with Crippen LogP contribution in [0.1, 0.15) is 109 Å². The van der Waals surface area contributed by atoms with E-state index >= 15 is 0 Å². The van der Waals surface area contributed by atoms with Crippen molar-refractivity contribution in [2.24, 2.45) is 17.3 Å². The maximum Gasteiger partial charge on any atom is 0.494 e. The number of amides is 4. The van der Waals surface area contributed by atoms with Crippen LogP contribution < -0.4 is 26.6 Å². The number of carbonyl (C=O) groups excluding carboxylic acids is 4. The van der Waals surface area contributed by atoms with Crippen LogP contribution in [-0.2, 0) is 30.2 Å². The molecule has 0 spiro atoms. The standard InChI is InChI=1S/C60H64BN9O8/c1-37-32-40(56(72)63-26-8-7-10-38-11-9-14-45-46(38)35-69(58(45)74)48-21-22-51(71)66-57(48)73)17-20-47(37)61-77-50-34-41-33-49(59(41,2)3)60(50,78-61)25-30-75-31-29-68-27-23-42(24-28-68)70-55-52(54(62)64-36-65-55)53(67-70)39-15-18-44(19-16-39)76-43-12-5-4-6-13-43/h4-6,9,11-20,32,36,41-42,48-50H,8,21-31,33-35H2,1-3H3,(H,63,72)(H2,62,64,65)(H,66,71,73)/t41-,48?,49-,50+,60-/m1/s1. The largest absolute Gasteiger partial charge is 0.494 e. The molecule has 2 aromatic heterocycles. The average Bonchev–Trinajstić information content (AvgIpc) is 4.27. The summed E-state index contributed by atoms with van der Waals surface area (Å²) in [6.45, 7) is 11.2. The van der Waals surface area contributed by atoms with Crippen molar-refractivity contribution in [2.75, 3.05) is 45.1 Å². The summed E-state index contributed by atoms with van der Waals surface area (Å²) in [5.74, 6) is 7.96. The van der Waals surface area contributed by atoms with Crippen LogP contribution in [0.4, 0.5) is 5.82 Å². The molecule has 4 N–H and O–H groups in total. The number of anilines is 1. The molecule has 2 bridgehead atoms. The molecule has 6 fully saturated rings. The lowest BCUT2D eigenvalue weighted by Crippen LogP contribution is -2.67. The minimum absolute atomic E-state index is 0.0420. The number of piperidine rings is 2. The van der Waals surface area contributed by atoms with Crippen molar-refractivity contribution in [3.05, 3.63) is 125 Å². The summed E-state index contributed by atoms with van der Waals surface area (Å²) in [6, 6.07) is 28.1. The van der Waals surface area contributed by atoms with Crippen LogP contribution in [0.3, 0.4) is 0 Å². The Bertz CT molecular complexity index is 3370. The van der Waals surface area contributed by atoms with Gasteiger partial charge in [-0.25, -0.2) is 14.6 Å². The van der Waals surface area contributed by atoms with E-state index in [-0.39, 0.29) is 48.2 Å². The molecular formula is C60H64BN9O8. The second-order valence-corrected chi connectivity index (χ2v) is 22.3. The Balaban J connectivity index is 0.623. The lowest BCUT2D eigenvalue weighted by molar-refractivity contribution is -0.214. The number of nitrogens with zero attached hydrogens (tertiary/aromatic N) is 6. The van der Waals surface area contributed by atoms with Crippen LogP contribution >= 0.6 is 0 Å². The van der Waals surface area contributed by atoms with Gasteiger partial charge in [0.25, 0.3) is 11.8 Å². The van der Waals surface area contributed by atoms with E-state index < -0.39 is 24.7 Å². The van der Waals surface area contributed by atoms with Crippen molar-refractivity contribution < 1.29 is 38.0 Å². The number of para-hydroxylation sites is 1. The molecule has 18 heteroatoms. The van der Waals surface area contributed by atoms with Gasteiger partial charge >= 0.3 is 7.12 Å². The first-order valence-electron chi connectivity index (χ1n) is 27.4. The molecule has 6 heterocycles. The molecule has 3 saturated heterocycles. The van der Waals surface area contributed by atoms with Gasteiger partial charge < -0.3 is 39.6 Å². The number of benzene rings is 4. The average molecular weight is 1050 g/mol. The van der Waals surface area contributed by atoms with Gasteiger partial charge in [-0.3, -0.25) is 24.5 Å². The normalized spacial score (nSPS) is 23.6. The topological polar surface area (TPSA) is 205 Å². The fraction of sp³-hybridized carbons (Fsp3) is 0.417. The first kappa shape index (κ1) is 51.3. The minimum atomic E-state index is -0.692. The van der Waals surface area contributed by atoms with Crippen molar-refractivity contribution in [3.8, 4) is 34.6 Å². The zero-order valence-corrected chi connectivity index (χ0v) is 44.3. The van der Waals surface area contributed by atoms with Crippen LogP contribution in [0.15, 0.2) is 97.3 Å². The number of hydrogen-bond acceptors (Lipinski definition) is 13. The van der Waals surface area contributed by atoms with Crippen molar-refractivity contribution in [1.29, 1.82) is 0 Å². The molecule has 78 heavy (non-hydrogen) atoms. The molecule has 7 aliphatic rings. The predicted octanol–water partition coefficient (Wildman–Crippen LogP) is 6.77. The van der Waals surface area contributed by atoms with E-state index in [0.717, 1.165) is 102 Å². The number of aryl methyl sites for hydroxylation is 1. The highest BCUT2D eigenvalue weighted by atomic mass is 16.7. The summed E-state index contributed by atoms with van der Waals surface area (Å²) < 4.78 is 28.5. The Kier molecular flexibility index (Phi) is 13.9. The maximum atomic E-state index is 13.4. The summed E-state index contributed by atoms with van der Waals surface area (Å²) in [5.41, 5.74) is 13.0.